The molecule has 0 bridgehead atoms. The molecular formula is C16H14FN3O2S. The SMILES string of the molecule is CC[C@@H](Oc1ccc(F)cc1)C(=O)Nc1ccc2nsnc2c1. The summed E-state index contributed by atoms with van der Waals surface area (Å²) >= 11 is 1.13. The Balaban J connectivity index is 1.70. The summed E-state index contributed by atoms with van der Waals surface area (Å²) in [4.78, 5) is 12.3. The van der Waals surface area contributed by atoms with Crippen LogP contribution in [0.3, 0.4) is 0 Å². The van der Waals surface area contributed by atoms with E-state index in [1.54, 1.807) is 18.2 Å². The Morgan fingerprint density at radius 2 is 1.96 bits per heavy atom. The Morgan fingerprint density at radius 1 is 1.22 bits per heavy atom. The molecule has 0 aliphatic carbocycles. The summed E-state index contributed by atoms with van der Waals surface area (Å²) in [5.74, 6) is -0.160. The van der Waals surface area contributed by atoms with Crippen LogP contribution in [0.2, 0.25) is 0 Å². The first-order chi connectivity index (χ1) is 11.2. The van der Waals surface area contributed by atoms with Crippen LogP contribution >= 0.6 is 11.7 Å². The van der Waals surface area contributed by atoms with E-state index in [4.69, 9.17) is 4.74 Å². The van der Waals surface area contributed by atoms with Crippen LogP contribution in [0.25, 0.3) is 11.0 Å². The molecule has 0 spiro atoms. The van der Waals surface area contributed by atoms with Crippen LogP contribution in [0.5, 0.6) is 5.75 Å². The molecular weight excluding hydrogens is 317 g/mol. The number of anilines is 1. The van der Waals surface area contributed by atoms with Gasteiger partial charge in [-0.25, -0.2) is 4.39 Å². The van der Waals surface area contributed by atoms with Crippen LogP contribution in [0.15, 0.2) is 42.5 Å². The van der Waals surface area contributed by atoms with Gasteiger partial charge in [-0.15, -0.1) is 0 Å². The van der Waals surface area contributed by atoms with Crippen LogP contribution in [-0.4, -0.2) is 20.8 Å². The van der Waals surface area contributed by atoms with E-state index < -0.39 is 6.10 Å². The molecule has 2 aromatic carbocycles. The molecule has 1 N–H and O–H groups in total. The number of carbonyl (C=O) groups is 1. The number of rotatable bonds is 5. The van der Waals surface area contributed by atoms with Crippen molar-refractivity contribution in [3.8, 4) is 5.75 Å². The van der Waals surface area contributed by atoms with Gasteiger partial charge in [-0.05, 0) is 48.9 Å². The minimum Gasteiger partial charge on any atom is -0.481 e. The fourth-order valence-corrected chi connectivity index (χ4v) is 2.60. The molecule has 118 valence electrons. The summed E-state index contributed by atoms with van der Waals surface area (Å²) in [5.41, 5.74) is 2.17. The number of amides is 1. The molecule has 0 saturated carbocycles. The number of carbonyl (C=O) groups excluding carboxylic acids is 1. The molecule has 0 unspecified atom stereocenters. The summed E-state index contributed by atoms with van der Waals surface area (Å²) in [5, 5.41) is 2.81. The van der Waals surface area contributed by atoms with E-state index in [9.17, 15) is 9.18 Å². The Bertz CT molecular complexity index is 820. The van der Waals surface area contributed by atoms with E-state index in [0.29, 0.717) is 17.9 Å². The van der Waals surface area contributed by atoms with Crippen LogP contribution in [-0.2, 0) is 4.79 Å². The number of hydrogen-bond donors (Lipinski definition) is 1. The normalized spacial score (nSPS) is 12.1. The molecule has 23 heavy (non-hydrogen) atoms. The van der Waals surface area contributed by atoms with Crippen molar-refractivity contribution >= 4 is 34.4 Å². The van der Waals surface area contributed by atoms with Crippen LogP contribution in [0.4, 0.5) is 10.1 Å². The Kier molecular flexibility index (Phi) is 4.47. The molecule has 0 aliphatic heterocycles. The third-order valence-corrected chi connectivity index (χ3v) is 3.83. The lowest BCUT2D eigenvalue weighted by Gasteiger charge is -2.17. The summed E-state index contributed by atoms with van der Waals surface area (Å²) in [6.45, 7) is 1.85. The zero-order valence-corrected chi connectivity index (χ0v) is 13.1. The predicted octanol–water partition coefficient (Wildman–Crippen LogP) is 3.63. The maximum Gasteiger partial charge on any atom is 0.265 e. The number of ether oxygens (including phenoxy) is 1. The van der Waals surface area contributed by atoms with Gasteiger partial charge in [-0.3, -0.25) is 4.79 Å². The zero-order valence-electron chi connectivity index (χ0n) is 12.3. The largest absolute Gasteiger partial charge is 0.481 e. The third-order valence-electron chi connectivity index (χ3n) is 3.28. The van der Waals surface area contributed by atoms with Crippen molar-refractivity contribution in [3.63, 3.8) is 0 Å². The second-order valence-electron chi connectivity index (χ2n) is 4.93. The number of benzene rings is 2. The topological polar surface area (TPSA) is 64.1 Å². The molecule has 0 saturated heterocycles. The standard InChI is InChI=1S/C16H14FN3O2S/c1-2-15(22-12-6-3-10(17)4-7-12)16(21)18-11-5-8-13-14(9-11)20-23-19-13/h3-9,15H,2H2,1H3,(H,18,21)/t15-/m1/s1. The second kappa shape index (κ2) is 6.70. The number of nitrogens with zero attached hydrogens (tertiary/aromatic N) is 2. The molecule has 0 radical (unpaired) electrons. The van der Waals surface area contributed by atoms with E-state index in [2.05, 4.69) is 14.1 Å². The molecule has 1 atom stereocenters. The predicted molar refractivity (Wildman–Crippen MR) is 87.2 cm³/mol. The average molecular weight is 331 g/mol. The van der Waals surface area contributed by atoms with Gasteiger partial charge in [-0.1, -0.05) is 6.92 Å². The highest BCUT2D eigenvalue weighted by atomic mass is 32.1. The molecule has 3 rings (SSSR count). The first-order valence-corrected chi connectivity index (χ1v) is 7.84. The van der Waals surface area contributed by atoms with Crippen molar-refractivity contribution in [1.29, 1.82) is 0 Å². The van der Waals surface area contributed by atoms with Crippen molar-refractivity contribution in [2.75, 3.05) is 5.32 Å². The van der Waals surface area contributed by atoms with Gasteiger partial charge in [0.2, 0.25) is 0 Å². The fraction of sp³-hybridized carbons (Fsp3) is 0.188. The minimum absolute atomic E-state index is 0.264. The monoisotopic (exact) mass is 331 g/mol. The molecule has 0 aliphatic rings. The molecule has 7 heteroatoms. The lowest BCUT2D eigenvalue weighted by atomic mass is 10.2. The molecule has 0 fully saturated rings. The van der Waals surface area contributed by atoms with Gasteiger partial charge in [-0.2, -0.15) is 8.75 Å². The number of halogens is 1. The van der Waals surface area contributed by atoms with Crippen molar-refractivity contribution < 1.29 is 13.9 Å². The zero-order chi connectivity index (χ0) is 16.2. The maximum atomic E-state index is 12.9. The molecule has 1 heterocycles. The fourth-order valence-electron chi connectivity index (χ4n) is 2.08. The van der Waals surface area contributed by atoms with E-state index in [-0.39, 0.29) is 11.7 Å². The van der Waals surface area contributed by atoms with Gasteiger partial charge >= 0.3 is 0 Å². The first kappa shape index (κ1) is 15.4. The number of nitrogens with one attached hydrogen (secondary N) is 1. The summed E-state index contributed by atoms with van der Waals surface area (Å²) in [6.07, 6.45) is -0.173. The van der Waals surface area contributed by atoms with Gasteiger partial charge in [0, 0.05) is 5.69 Å². The van der Waals surface area contributed by atoms with Crippen molar-refractivity contribution in [1.82, 2.24) is 8.75 Å². The molecule has 1 aromatic heterocycles. The summed E-state index contributed by atoms with van der Waals surface area (Å²) < 4.78 is 26.8. The van der Waals surface area contributed by atoms with Crippen molar-refractivity contribution in [2.24, 2.45) is 0 Å². The summed E-state index contributed by atoms with van der Waals surface area (Å²) in [7, 11) is 0. The van der Waals surface area contributed by atoms with Gasteiger partial charge in [0.1, 0.15) is 22.6 Å². The van der Waals surface area contributed by atoms with Gasteiger partial charge in [0.25, 0.3) is 5.91 Å². The van der Waals surface area contributed by atoms with E-state index in [1.165, 1.54) is 24.3 Å². The van der Waals surface area contributed by atoms with E-state index in [0.717, 1.165) is 22.8 Å². The number of fused-ring (bicyclic) bond motifs is 1. The first-order valence-electron chi connectivity index (χ1n) is 7.11. The average Bonchev–Trinajstić information content (AvgIpc) is 3.02. The highest BCUT2D eigenvalue weighted by Gasteiger charge is 2.19. The number of aromatic nitrogens is 2. The van der Waals surface area contributed by atoms with Crippen LogP contribution in [0, 0.1) is 5.82 Å². The van der Waals surface area contributed by atoms with E-state index >= 15 is 0 Å². The molecule has 3 aromatic rings. The highest BCUT2D eigenvalue weighted by molar-refractivity contribution is 7.00. The van der Waals surface area contributed by atoms with Crippen LogP contribution < -0.4 is 10.1 Å². The minimum atomic E-state index is -0.662. The lowest BCUT2D eigenvalue weighted by Crippen LogP contribution is -2.32. The smallest absolute Gasteiger partial charge is 0.265 e. The van der Waals surface area contributed by atoms with Gasteiger partial charge < -0.3 is 10.1 Å². The second-order valence-corrected chi connectivity index (χ2v) is 5.45. The molecule has 1 amide bonds. The van der Waals surface area contributed by atoms with Gasteiger partial charge in [0.05, 0.1) is 11.7 Å². The highest BCUT2D eigenvalue weighted by Crippen LogP contribution is 2.19. The third kappa shape index (κ3) is 3.62. The van der Waals surface area contributed by atoms with Gasteiger partial charge in [0.15, 0.2) is 6.10 Å². The Morgan fingerprint density at radius 3 is 2.70 bits per heavy atom. The van der Waals surface area contributed by atoms with Crippen molar-refractivity contribution in [2.45, 2.75) is 19.4 Å². The van der Waals surface area contributed by atoms with E-state index in [1.807, 2.05) is 6.92 Å². The summed E-state index contributed by atoms with van der Waals surface area (Å²) in [6, 6.07) is 10.9. The Hall–Kier alpha value is -2.54. The quantitative estimate of drug-likeness (QED) is 0.775. The molecule has 5 nitrogen and oxygen atoms in total. The van der Waals surface area contributed by atoms with Crippen LogP contribution in [0.1, 0.15) is 13.3 Å². The Labute approximate surface area is 136 Å². The lowest BCUT2D eigenvalue weighted by molar-refractivity contribution is -0.122. The maximum absolute atomic E-state index is 12.9. The number of hydrogen-bond acceptors (Lipinski definition) is 5. The van der Waals surface area contributed by atoms with Crippen molar-refractivity contribution in [3.05, 3.63) is 48.3 Å².